The normalized spacial score (nSPS) is 14.0. The number of aliphatic hydroxyl groups excluding tert-OH is 1. The summed E-state index contributed by atoms with van der Waals surface area (Å²) in [6.07, 6.45) is -0.583. The highest BCUT2D eigenvalue weighted by Gasteiger charge is 2.14. The smallest absolute Gasteiger partial charge is 0.234 e. The molecule has 1 aromatic carbocycles. The summed E-state index contributed by atoms with van der Waals surface area (Å²) in [5, 5.41) is 12.6. The summed E-state index contributed by atoms with van der Waals surface area (Å²) in [6.45, 7) is 7.03. The molecule has 1 rings (SSSR count). The first-order valence-electron chi connectivity index (χ1n) is 7.55. The van der Waals surface area contributed by atoms with Crippen LogP contribution in [-0.2, 0) is 9.53 Å². The number of methoxy groups -OCH3 is 1. The summed E-state index contributed by atoms with van der Waals surface area (Å²) in [5.74, 6) is -0.0576. The molecule has 2 N–H and O–H groups in total. The zero-order valence-electron chi connectivity index (χ0n) is 14.2. The van der Waals surface area contributed by atoms with E-state index in [2.05, 4.69) is 31.3 Å². The minimum Gasteiger partial charge on any atom is -0.389 e. The Kier molecular flexibility index (Phi) is 7.51. The predicted octanol–water partition coefficient (Wildman–Crippen LogP) is 1.42. The largest absolute Gasteiger partial charge is 0.389 e. The number of carbonyl (C=O) groups is 1. The predicted molar refractivity (Wildman–Crippen MR) is 87.9 cm³/mol. The molecular formula is C17H28N2O3. The van der Waals surface area contributed by atoms with Gasteiger partial charge in [0.15, 0.2) is 0 Å². The van der Waals surface area contributed by atoms with Crippen LogP contribution in [0, 0.1) is 13.8 Å². The number of rotatable bonds is 8. The second-order valence-electron chi connectivity index (χ2n) is 5.94. The van der Waals surface area contributed by atoms with Crippen molar-refractivity contribution in [2.24, 2.45) is 0 Å². The highest BCUT2D eigenvalue weighted by atomic mass is 16.5. The summed E-state index contributed by atoms with van der Waals surface area (Å²) >= 11 is 0. The van der Waals surface area contributed by atoms with Crippen LogP contribution in [0.15, 0.2) is 18.2 Å². The first kappa shape index (κ1) is 18.6. The fraction of sp³-hybridized carbons (Fsp3) is 0.588. The van der Waals surface area contributed by atoms with Crippen molar-refractivity contribution < 1.29 is 14.6 Å². The van der Waals surface area contributed by atoms with Crippen molar-refractivity contribution >= 4 is 5.91 Å². The lowest BCUT2D eigenvalue weighted by Crippen LogP contribution is -2.40. The molecule has 2 atom stereocenters. The van der Waals surface area contributed by atoms with Crippen molar-refractivity contribution in [3.63, 3.8) is 0 Å². The number of amides is 1. The Bertz CT molecular complexity index is 491. The number of nitrogens with zero attached hydrogens (tertiary/aromatic N) is 1. The van der Waals surface area contributed by atoms with Crippen molar-refractivity contribution in [1.82, 2.24) is 10.2 Å². The van der Waals surface area contributed by atoms with Crippen molar-refractivity contribution in [1.29, 1.82) is 0 Å². The van der Waals surface area contributed by atoms with Crippen LogP contribution in [0.5, 0.6) is 0 Å². The first-order valence-corrected chi connectivity index (χ1v) is 7.55. The number of carbonyl (C=O) groups excluding carboxylic acids is 1. The Balaban J connectivity index is 2.48. The molecule has 0 saturated carbocycles. The minimum absolute atomic E-state index is 0.0379. The topological polar surface area (TPSA) is 61.8 Å². The van der Waals surface area contributed by atoms with Crippen LogP contribution in [0.1, 0.15) is 29.7 Å². The van der Waals surface area contributed by atoms with Gasteiger partial charge in [0.1, 0.15) is 0 Å². The molecule has 5 heteroatoms. The zero-order valence-corrected chi connectivity index (χ0v) is 14.2. The molecule has 0 spiro atoms. The van der Waals surface area contributed by atoms with Crippen LogP contribution in [-0.4, -0.2) is 55.9 Å². The Hall–Kier alpha value is -1.43. The number of hydrogen-bond donors (Lipinski definition) is 2. The molecule has 0 heterocycles. The van der Waals surface area contributed by atoms with E-state index < -0.39 is 6.10 Å². The molecule has 0 saturated heterocycles. The maximum absolute atomic E-state index is 12.1. The molecule has 0 bridgehead atoms. The second-order valence-corrected chi connectivity index (χ2v) is 5.94. The van der Waals surface area contributed by atoms with Gasteiger partial charge in [0.2, 0.25) is 5.91 Å². The lowest BCUT2D eigenvalue weighted by Gasteiger charge is -2.21. The van der Waals surface area contributed by atoms with E-state index in [9.17, 15) is 9.90 Å². The number of nitrogens with one attached hydrogen (secondary N) is 1. The van der Waals surface area contributed by atoms with E-state index in [0.717, 1.165) is 5.56 Å². The van der Waals surface area contributed by atoms with Crippen LogP contribution in [0.4, 0.5) is 0 Å². The van der Waals surface area contributed by atoms with Gasteiger partial charge in [-0.15, -0.1) is 0 Å². The van der Waals surface area contributed by atoms with Crippen LogP contribution in [0.25, 0.3) is 0 Å². The Morgan fingerprint density at radius 1 is 1.36 bits per heavy atom. The van der Waals surface area contributed by atoms with Gasteiger partial charge in [-0.2, -0.15) is 0 Å². The van der Waals surface area contributed by atoms with Gasteiger partial charge in [-0.25, -0.2) is 0 Å². The molecule has 22 heavy (non-hydrogen) atoms. The van der Waals surface area contributed by atoms with Gasteiger partial charge in [-0.3, -0.25) is 9.69 Å². The summed E-state index contributed by atoms with van der Waals surface area (Å²) in [5.41, 5.74) is 3.56. The molecule has 0 fully saturated rings. The third-order valence-corrected chi connectivity index (χ3v) is 3.70. The average molecular weight is 308 g/mol. The number of ether oxygens (including phenoxy) is 1. The molecular weight excluding hydrogens is 280 g/mol. The van der Waals surface area contributed by atoms with Crippen LogP contribution in [0.3, 0.4) is 0 Å². The maximum Gasteiger partial charge on any atom is 0.234 e. The van der Waals surface area contributed by atoms with Gasteiger partial charge in [0.25, 0.3) is 0 Å². The number of likely N-dealkylation sites (N-methyl/N-ethyl adjacent to an activating group) is 1. The van der Waals surface area contributed by atoms with E-state index in [1.54, 1.807) is 19.1 Å². The lowest BCUT2D eigenvalue weighted by molar-refractivity contribution is -0.122. The van der Waals surface area contributed by atoms with Crippen molar-refractivity contribution in [3.8, 4) is 0 Å². The molecule has 0 aliphatic heterocycles. The maximum atomic E-state index is 12.1. The zero-order chi connectivity index (χ0) is 16.7. The van der Waals surface area contributed by atoms with E-state index in [1.165, 1.54) is 11.1 Å². The standard InChI is InChI=1S/C17H28N2O3/c1-12-6-7-15(8-13(12)2)14(3)18-17(21)10-19(4)9-16(20)11-22-5/h6-8,14,16,20H,9-11H2,1-5H3,(H,18,21). The Morgan fingerprint density at radius 2 is 2.05 bits per heavy atom. The van der Waals surface area contributed by atoms with Crippen molar-refractivity contribution in [2.75, 3.05) is 33.9 Å². The number of aryl methyl sites for hydroxylation is 2. The monoisotopic (exact) mass is 308 g/mol. The molecule has 0 aliphatic rings. The SMILES string of the molecule is COCC(O)CN(C)CC(=O)NC(C)c1ccc(C)c(C)c1. The van der Waals surface area contributed by atoms with E-state index in [-0.39, 0.29) is 25.1 Å². The fourth-order valence-corrected chi connectivity index (χ4v) is 2.32. The van der Waals surface area contributed by atoms with E-state index in [1.807, 2.05) is 13.0 Å². The Morgan fingerprint density at radius 3 is 2.64 bits per heavy atom. The van der Waals surface area contributed by atoms with Gasteiger partial charge in [0, 0.05) is 13.7 Å². The highest BCUT2D eigenvalue weighted by molar-refractivity contribution is 5.78. The van der Waals surface area contributed by atoms with Gasteiger partial charge >= 0.3 is 0 Å². The van der Waals surface area contributed by atoms with Gasteiger partial charge in [-0.05, 0) is 44.5 Å². The van der Waals surface area contributed by atoms with Crippen molar-refractivity contribution in [2.45, 2.75) is 32.9 Å². The highest BCUT2D eigenvalue weighted by Crippen LogP contribution is 2.16. The average Bonchev–Trinajstić information content (AvgIpc) is 2.41. The summed E-state index contributed by atoms with van der Waals surface area (Å²) in [4.78, 5) is 13.8. The third-order valence-electron chi connectivity index (χ3n) is 3.70. The summed E-state index contributed by atoms with van der Waals surface area (Å²) in [6, 6.07) is 6.18. The number of hydrogen-bond acceptors (Lipinski definition) is 4. The summed E-state index contributed by atoms with van der Waals surface area (Å²) in [7, 11) is 3.35. The van der Waals surface area contributed by atoms with E-state index in [4.69, 9.17) is 4.74 Å². The van der Waals surface area contributed by atoms with Crippen LogP contribution in [0.2, 0.25) is 0 Å². The van der Waals surface area contributed by atoms with E-state index in [0.29, 0.717) is 6.54 Å². The minimum atomic E-state index is -0.583. The molecule has 1 aromatic rings. The lowest BCUT2D eigenvalue weighted by atomic mass is 10.0. The second kappa shape index (κ2) is 8.88. The van der Waals surface area contributed by atoms with E-state index >= 15 is 0 Å². The molecule has 5 nitrogen and oxygen atoms in total. The molecule has 124 valence electrons. The first-order chi connectivity index (χ1) is 10.3. The van der Waals surface area contributed by atoms with Crippen LogP contribution >= 0.6 is 0 Å². The number of aliphatic hydroxyl groups is 1. The van der Waals surface area contributed by atoms with Crippen molar-refractivity contribution in [3.05, 3.63) is 34.9 Å². The molecule has 0 aliphatic carbocycles. The Labute approximate surface area is 133 Å². The summed E-state index contributed by atoms with van der Waals surface area (Å²) < 4.78 is 4.88. The molecule has 1 amide bonds. The third kappa shape index (κ3) is 6.13. The van der Waals surface area contributed by atoms with Gasteiger partial charge in [0.05, 0.1) is 25.3 Å². The molecule has 0 aromatic heterocycles. The fourth-order valence-electron chi connectivity index (χ4n) is 2.32. The molecule has 0 radical (unpaired) electrons. The van der Waals surface area contributed by atoms with Crippen LogP contribution < -0.4 is 5.32 Å². The quantitative estimate of drug-likeness (QED) is 0.762. The van der Waals surface area contributed by atoms with Gasteiger partial charge < -0.3 is 15.2 Å². The molecule has 2 unspecified atom stereocenters. The van der Waals surface area contributed by atoms with Gasteiger partial charge in [-0.1, -0.05) is 18.2 Å². The number of benzene rings is 1.